The third kappa shape index (κ3) is 2.58. The fraction of sp³-hybridized carbons (Fsp3) is 0.600. The number of nitrogens with zero attached hydrogens (tertiary/aromatic N) is 1. The van der Waals surface area contributed by atoms with Crippen LogP contribution in [0.4, 0.5) is 0 Å². The van der Waals surface area contributed by atoms with E-state index in [1.165, 1.54) is 5.56 Å². The van der Waals surface area contributed by atoms with E-state index in [2.05, 4.69) is 17.0 Å². The lowest BCUT2D eigenvalue weighted by Crippen LogP contribution is -2.58. The number of hydrogen-bond donors (Lipinski definition) is 2. The van der Waals surface area contributed by atoms with Crippen molar-refractivity contribution in [1.29, 1.82) is 0 Å². The lowest BCUT2D eigenvalue weighted by Gasteiger charge is -2.49. The highest BCUT2D eigenvalue weighted by Gasteiger charge is 2.46. The Balaban J connectivity index is 2.06. The number of aliphatic hydroxyl groups excluding tert-OH is 1. The Morgan fingerprint density at radius 3 is 2.50 bits per heavy atom. The van der Waals surface area contributed by atoms with Crippen LogP contribution in [0.15, 0.2) is 30.3 Å². The predicted octanol–water partition coefficient (Wildman–Crippen LogP) is 1.64. The Kier molecular flexibility index (Phi) is 3.76. The minimum absolute atomic E-state index is 0.0191. The Labute approximate surface area is 109 Å². The summed E-state index contributed by atoms with van der Waals surface area (Å²) in [7, 11) is 0. The van der Waals surface area contributed by atoms with Crippen LogP contribution < -0.4 is 0 Å². The first-order valence-electron chi connectivity index (χ1n) is 6.56. The van der Waals surface area contributed by atoms with Crippen molar-refractivity contribution in [2.45, 2.75) is 32.4 Å². The van der Waals surface area contributed by atoms with Gasteiger partial charge >= 0.3 is 0 Å². The fourth-order valence-corrected chi connectivity index (χ4v) is 2.62. The van der Waals surface area contributed by atoms with Gasteiger partial charge in [-0.3, -0.25) is 4.90 Å². The summed E-state index contributed by atoms with van der Waals surface area (Å²) in [5.74, 6) is 0. The number of benzene rings is 1. The zero-order valence-corrected chi connectivity index (χ0v) is 11.3. The average Bonchev–Trinajstić information content (AvgIpc) is 2.36. The van der Waals surface area contributed by atoms with Crippen LogP contribution in [0.1, 0.15) is 25.8 Å². The van der Waals surface area contributed by atoms with Gasteiger partial charge in [0.05, 0.1) is 12.2 Å². The molecule has 1 aliphatic heterocycles. The highest BCUT2D eigenvalue weighted by Crippen LogP contribution is 2.38. The summed E-state index contributed by atoms with van der Waals surface area (Å²) in [4.78, 5) is 2.31. The Morgan fingerprint density at radius 2 is 1.89 bits per heavy atom. The van der Waals surface area contributed by atoms with E-state index in [1.807, 2.05) is 32.0 Å². The Morgan fingerprint density at radius 1 is 1.22 bits per heavy atom. The molecule has 3 heteroatoms. The Hall–Kier alpha value is -0.900. The summed E-state index contributed by atoms with van der Waals surface area (Å²) in [5.41, 5.74) is 0.0499. The molecule has 1 aliphatic rings. The van der Waals surface area contributed by atoms with E-state index in [4.69, 9.17) is 0 Å². The predicted molar refractivity (Wildman–Crippen MR) is 72.2 cm³/mol. The van der Waals surface area contributed by atoms with Crippen LogP contribution in [0, 0.1) is 5.41 Å². The lowest BCUT2D eigenvalue weighted by atomic mass is 9.70. The Bertz CT molecular complexity index is 391. The van der Waals surface area contributed by atoms with Crippen LogP contribution in [-0.2, 0) is 6.54 Å². The smallest absolute Gasteiger partial charge is 0.0719 e. The number of aliphatic hydroxyl groups is 2. The zero-order valence-electron chi connectivity index (χ0n) is 11.3. The van der Waals surface area contributed by atoms with Gasteiger partial charge in [-0.2, -0.15) is 0 Å². The average molecular weight is 249 g/mol. The topological polar surface area (TPSA) is 43.7 Å². The number of rotatable bonds is 3. The highest BCUT2D eigenvalue weighted by atomic mass is 16.3. The van der Waals surface area contributed by atoms with E-state index in [0.29, 0.717) is 6.42 Å². The van der Waals surface area contributed by atoms with Crippen LogP contribution in [-0.4, -0.2) is 40.4 Å². The normalized spacial score (nSPS) is 33.6. The molecule has 1 aromatic rings. The SMILES string of the molecule is CC1(O)CCN(Cc2ccccc2)CC1(C)CO. The van der Waals surface area contributed by atoms with Crippen molar-refractivity contribution in [2.75, 3.05) is 19.7 Å². The minimum Gasteiger partial charge on any atom is -0.396 e. The summed E-state index contributed by atoms with van der Waals surface area (Å²) >= 11 is 0. The maximum absolute atomic E-state index is 10.4. The van der Waals surface area contributed by atoms with Crippen molar-refractivity contribution >= 4 is 0 Å². The van der Waals surface area contributed by atoms with Crippen molar-refractivity contribution in [3.8, 4) is 0 Å². The third-order valence-electron chi connectivity index (χ3n) is 4.39. The number of hydrogen-bond acceptors (Lipinski definition) is 3. The van der Waals surface area contributed by atoms with Gasteiger partial charge in [0.25, 0.3) is 0 Å². The molecule has 1 heterocycles. The van der Waals surface area contributed by atoms with Gasteiger partial charge in [-0.05, 0) is 18.9 Å². The molecule has 2 rings (SSSR count). The van der Waals surface area contributed by atoms with E-state index in [9.17, 15) is 10.2 Å². The quantitative estimate of drug-likeness (QED) is 0.856. The molecule has 3 nitrogen and oxygen atoms in total. The summed E-state index contributed by atoms with van der Waals surface area (Å²) in [6.45, 7) is 6.30. The maximum atomic E-state index is 10.4. The molecule has 1 saturated heterocycles. The lowest BCUT2D eigenvalue weighted by molar-refractivity contribution is -0.135. The van der Waals surface area contributed by atoms with E-state index in [-0.39, 0.29) is 6.61 Å². The van der Waals surface area contributed by atoms with Crippen LogP contribution >= 0.6 is 0 Å². The van der Waals surface area contributed by atoms with Gasteiger partial charge in [0, 0.05) is 25.0 Å². The molecule has 0 bridgehead atoms. The van der Waals surface area contributed by atoms with Crippen molar-refractivity contribution in [2.24, 2.45) is 5.41 Å². The zero-order chi connectivity index (χ0) is 13.2. The van der Waals surface area contributed by atoms with Crippen molar-refractivity contribution < 1.29 is 10.2 Å². The molecular weight excluding hydrogens is 226 g/mol. The van der Waals surface area contributed by atoms with Crippen molar-refractivity contribution in [1.82, 2.24) is 4.90 Å². The largest absolute Gasteiger partial charge is 0.396 e. The molecule has 100 valence electrons. The molecule has 2 N–H and O–H groups in total. The molecule has 18 heavy (non-hydrogen) atoms. The second-order valence-corrected chi connectivity index (χ2v) is 5.94. The van der Waals surface area contributed by atoms with Gasteiger partial charge in [0.15, 0.2) is 0 Å². The second-order valence-electron chi connectivity index (χ2n) is 5.94. The second kappa shape index (κ2) is 5.00. The van der Waals surface area contributed by atoms with Crippen LogP contribution in [0.2, 0.25) is 0 Å². The van der Waals surface area contributed by atoms with Crippen LogP contribution in [0.25, 0.3) is 0 Å². The highest BCUT2D eigenvalue weighted by molar-refractivity contribution is 5.15. The molecule has 0 saturated carbocycles. The maximum Gasteiger partial charge on any atom is 0.0719 e. The fourth-order valence-electron chi connectivity index (χ4n) is 2.62. The van der Waals surface area contributed by atoms with E-state index in [1.54, 1.807) is 0 Å². The summed E-state index contributed by atoms with van der Waals surface area (Å²) in [6, 6.07) is 10.3. The monoisotopic (exact) mass is 249 g/mol. The molecule has 0 spiro atoms. The van der Waals surface area contributed by atoms with Crippen LogP contribution in [0.5, 0.6) is 0 Å². The molecule has 2 atom stereocenters. The minimum atomic E-state index is -0.783. The van der Waals surface area contributed by atoms with Gasteiger partial charge in [0.2, 0.25) is 0 Å². The molecule has 0 aromatic heterocycles. The molecule has 1 fully saturated rings. The van der Waals surface area contributed by atoms with Gasteiger partial charge in [0.1, 0.15) is 0 Å². The van der Waals surface area contributed by atoms with E-state index >= 15 is 0 Å². The first-order valence-corrected chi connectivity index (χ1v) is 6.56. The molecule has 0 radical (unpaired) electrons. The van der Waals surface area contributed by atoms with Crippen LogP contribution in [0.3, 0.4) is 0 Å². The standard InChI is InChI=1S/C15H23NO2/c1-14(12-17)11-16(9-8-15(14,2)18)10-13-6-4-3-5-7-13/h3-7,17-18H,8-12H2,1-2H3. The third-order valence-corrected chi connectivity index (χ3v) is 4.39. The summed E-state index contributed by atoms with van der Waals surface area (Å²) < 4.78 is 0. The molecular formula is C15H23NO2. The molecule has 1 aromatic carbocycles. The first-order chi connectivity index (χ1) is 8.47. The first kappa shape index (κ1) is 13.5. The number of likely N-dealkylation sites (tertiary alicyclic amines) is 1. The van der Waals surface area contributed by atoms with Gasteiger partial charge < -0.3 is 10.2 Å². The van der Waals surface area contributed by atoms with Gasteiger partial charge in [-0.1, -0.05) is 37.3 Å². The van der Waals surface area contributed by atoms with Gasteiger partial charge in [-0.25, -0.2) is 0 Å². The molecule has 0 aliphatic carbocycles. The summed E-state index contributed by atoms with van der Waals surface area (Å²) in [5, 5.41) is 20.0. The molecule has 2 unspecified atom stereocenters. The van der Waals surface area contributed by atoms with E-state index < -0.39 is 11.0 Å². The van der Waals surface area contributed by atoms with Crippen molar-refractivity contribution in [3.63, 3.8) is 0 Å². The molecule has 0 amide bonds. The summed E-state index contributed by atoms with van der Waals surface area (Å²) in [6.07, 6.45) is 0.705. The van der Waals surface area contributed by atoms with E-state index in [0.717, 1.165) is 19.6 Å². The van der Waals surface area contributed by atoms with Crippen molar-refractivity contribution in [3.05, 3.63) is 35.9 Å². The number of piperidine rings is 1. The van der Waals surface area contributed by atoms with Gasteiger partial charge in [-0.15, -0.1) is 0 Å².